The van der Waals surface area contributed by atoms with Gasteiger partial charge < -0.3 is 15.8 Å². The first-order valence-electron chi connectivity index (χ1n) is 9.64. The Kier molecular flexibility index (Phi) is 6.66. The third kappa shape index (κ3) is 5.10. The number of hydrogen-bond donors (Lipinski definition) is 2. The van der Waals surface area contributed by atoms with Crippen LogP contribution in [0.4, 0.5) is 5.69 Å². The van der Waals surface area contributed by atoms with Gasteiger partial charge in [-0.15, -0.1) is 0 Å². The van der Waals surface area contributed by atoms with Crippen molar-refractivity contribution < 1.29 is 14.3 Å². The molecule has 148 valence electrons. The number of amides is 2. The van der Waals surface area contributed by atoms with Gasteiger partial charge in [0.1, 0.15) is 5.75 Å². The van der Waals surface area contributed by atoms with Crippen molar-refractivity contribution in [2.24, 2.45) is 5.73 Å². The lowest BCUT2D eigenvalue weighted by Crippen LogP contribution is -2.36. The summed E-state index contributed by atoms with van der Waals surface area (Å²) in [6.07, 6.45) is 4.46. The number of nitrogens with zero attached hydrogens (tertiary/aromatic N) is 1. The number of anilines is 1. The molecule has 1 aliphatic heterocycles. The average Bonchev–Trinajstić information content (AvgIpc) is 2.94. The minimum Gasteiger partial charge on any atom is -0.497 e. The Morgan fingerprint density at radius 2 is 1.79 bits per heavy atom. The van der Waals surface area contributed by atoms with Crippen LogP contribution in [0.25, 0.3) is 0 Å². The highest BCUT2D eigenvalue weighted by atomic mass is 16.5. The molecule has 0 bridgehead atoms. The van der Waals surface area contributed by atoms with Crippen LogP contribution in [0.2, 0.25) is 0 Å². The molecule has 0 aliphatic carbocycles. The number of hydrogen-bond acceptors (Lipinski definition) is 4. The van der Waals surface area contributed by atoms with Crippen molar-refractivity contribution in [2.75, 3.05) is 25.5 Å². The summed E-state index contributed by atoms with van der Waals surface area (Å²) in [5.41, 5.74) is 7.54. The van der Waals surface area contributed by atoms with Crippen LogP contribution in [0.1, 0.15) is 47.6 Å². The van der Waals surface area contributed by atoms with Crippen molar-refractivity contribution in [2.45, 2.75) is 31.7 Å². The van der Waals surface area contributed by atoms with Gasteiger partial charge in [0.05, 0.1) is 13.7 Å². The van der Waals surface area contributed by atoms with E-state index in [4.69, 9.17) is 10.5 Å². The number of rotatable bonds is 6. The van der Waals surface area contributed by atoms with E-state index in [1.807, 2.05) is 12.1 Å². The standard InChI is InChI=1S/C22H27N3O3/c1-28-19-12-8-16(9-13-19)20-5-3-2-4-14-25(20)15-21(26)24-18-10-6-17(7-11-18)22(23)27/h6-13,20H,2-5,14-15H2,1H3,(H2,23,27)(H,24,26)/t20-/m0/s1. The third-order valence-corrected chi connectivity index (χ3v) is 5.16. The van der Waals surface area contributed by atoms with Gasteiger partial charge in [0.2, 0.25) is 11.8 Å². The van der Waals surface area contributed by atoms with Gasteiger partial charge in [0, 0.05) is 17.3 Å². The van der Waals surface area contributed by atoms with Gasteiger partial charge in [-0.3, -0.25) is 14.5 Å². The zero-order valence-electron chi connectivity index (χ0n) is 16.2. The first kappa shape index (κ1) is 19.9. The molecule has 1 fully saturated rings. The van der Waals surface area contributed by atoms with E-state index in [0.717, 1.165) is 31.6 Å². The molecule has 1 aliphatic rings. The van der Waals surface area contributed by atoms with Gasteiger partial charge in [-0.05, 0) is 61.3 Å². The summed E-state index contributed by atoms with van der Waals surface area (Å²) in [6, 6.07) is 15.0. The Bertz CT molecular complexity index is 803. The zero-order valence-corrected chi connectivity index (χ0v) is 16.2. The minimum absolute atomic E-state index is 0.0627. The van der Waals surface area contributed by atoms with Crippen LogP contribution in [0, 0.1) is 0 Å². The Morgan fingerprint density at radius 3 is 2.43 bits per heavy atom. The molecule has 3 rings (SSSR count). The monoisotopic (exact) mass is 381 g/mol. The van der Waals surface area contributed by atoms with E-state index in [2.05, 4.69) is 22.3 Å². The number of nitrogens with two attached hydrogens (primary N) is 1. The predicted molar refractivity (Wildman–Crippen MR) is 109 cm³/mol. The molecular weight excluding hydrogens is 354 g/mol. The zero-order chi connectivity index (χ0) is 19.9. The summed E-state index contributed by atoms with van der Waals surface area (Å²) in [5.74, 6) is 0.290. The fourth-order valence-corrected chi connectivity index (χ4v) is 3.66. The molecule has 0 aromatic heterocycles. The van der Waals surface area contributed by atoms with Crippen molar-refractivity contribution in [1.29, 1.82) is 0 Å². The lowest BCUT2D eigenvalue weighted by molar-refractivity contribution is -0.117. The van der Waals surface area contributed by atoms with E-state index >= 15 is 0 Å². The van der Waals surface area contributed by atoms with Crippen molar-refractivity contribution in [3.05, 3.63) is 59.7 Å². The molecule has 28 heavy (non-hydrogen) atoms. The molecule has 6 nitrogen and oxygen atoms in total. The Morgan fingerprint density at radius 1 is 1.07 bits per heavy atom. The second-order valence-electron chi connectivity index (χ2n) is 7.10. The van der Waals surface area contributed by atoms with Gasteiger partial charge >= 0.3 is 0 Å². The Hall–Kier alpha value is -2.86. The topological polar surface area (TPSA) is 84.7 Å². The molecule has 3 N–H and O–H groups in total. The Labute approximate surface area is 165 Å². The average molecular weight is 381 g/mol. The molecule has 1 heterocycles. The predicted octanol–water partition coefficient (Wildman–Crippen LogP) is 3.35. The highest BCUT2D eigenvalue weighted by Gasteiger charge is 2.24. The van der Waals surface area contributed by atoms with Crippen molar-refractivity contribution in [1.82, 2.24) is 4.90 Å². The van der Waals surface area contributed by atoms with E-state index < -0.39 is 5.91 Å². The molecule has 0 saturated carbocycles. The number of nitrogens with one attached hydrogen (secondary N) is 1. The van der Waals surface area contributed by atoms with E-state index in [1.165, 1.54) is 12.0 Å². The Balaban J connectivity index is 1.67. The quantitative estimate of drug-likeness (QED) is 0.804. The molecule has 2 aromatic rings. The number of primary amides is 1. The number of carbonyl (C=O) groups is 2. The van der Waals surface area contributed by atoms with Crippen LogP contribution in [0.3, 0.4) is 0 Å². The highest BCUT2D eigenvalue weighted by molar-refractivity contribution is 5.95. The van der Waals surface area contributed by atoms with Gasteiger partial charge in [-0.1, -0.05) is 25.0 Å². The molecule has 1 saturated heterocycles. The maximum Gasteiger partial charge on any atom is 0.248 e. The SMILES string of the molecule is COc1ccc([C@@H]2CCCCCN2CC(=O)Nc2ccc(C(N)=O)cc2)cc1. The molecule has 0 unspecified atom stereocenters. The van der Waals surface area contributed by atoms with E-state index in [-0.39, 0.29) is 11.9 Å². The summed E-state index contributed by atoms with van der Waals surface area (Å²) in [5, 5.41) is 2.91. The number of methoxy groups -OCH3 is 1. The van der Waals surface area contributed by atoms with Crippen LogP contribution >= 0.6 is 0 Å². The van der Waals surface area contributed by atoms with E-state index in [9.17, 15) is 9.59 Å². The summed E-state index contributed by atoms with van der Waals surface area (Å²) in [4.78, 5) is 26.0. The fraction of sp³-hybridized carbons (Fsp3) is 0.364. The van der Waals surface area contributed by atoms with Crippen LogP contribution in [-0.4, -0.2) is 36.9 Å². The molecule has 0 radical (unpaired) electrons. The molecule has 2 amide bonds. The van der Waals surface area contributed by atoms with Crippen molar-refractivity contribution in [3.63, 3.8) is 0 Å². The van der Waals surface area contributed by atoms with Crippen LogP contribution in [0.15, 0.2) is 48.5 Å². The van der Waals surface area contributed by atoms with Gasteiger partial charge in [0.25, 0.3) is 0 Å². The highest BCUT2D eigenvalue weighted by Crippen LogP contribution is 2.31. The molecule has 0 spiro atoms. The summed E-state index contributed by atoms with van der Waals surface area (Å²) in [7, 11) is 1.66. The van der Waals surface area contributed by atoms with E-state index in [0.29, 0.717) is 17.8 Å². The number of ether oxygens (including phenoxy) is 1. The summed E-state index contributed by atoms with van der Waals surface area (Å²) >= 11 is 0. The molecule has 6 heteroatoms. The third-order valence-electron chi connectivity index (χ3n) is 5.16. The lowest BCUT2D eigenvalue weighted by Gasteiger charge is -2.29. The summed E-state index contributed by atoms with van der Waals surface area (Å²) < 4.78 is 5.26. The van der Waals surface area contributed by atoms with Crippen molar-refractivity contribution >= 4 is 17.5 Å². The smallest absolute Gasteiger partial charge is 0.248 e. The first-order valence-corrected chi connectivity index (χ1v) is 9.64. The van der Waals surface area contributed by atoms with Crippen LogP contribution in [0.5, 0.6) is 5.75 Å². The van der Waals surface area contributed by atoms with Gasteiger partial charge in [0.15, 0.2) is 0 Å². The summed E-state index contributed by atoms with van der Waals surface area (Å²) in [6.45, 7) is 1.22. The largest absolute Gasteiger partial charge is 0.497 e. The second-order valence-corrected chi connectivity index (χ2v) is 7.10. The van der Waals surface area contributed by atoms with Gasteiger partial charge in [-0.25, -0.2) is 0 Å². The molecule has 1 atom stereocenters. The van der Waals surface area contributed by atoms with Crippen molar-refractivity contribution in [3.8, 4) is 5.75 Å². The second kappa shape index (κ2) is 9.37. The minimum atomic E-state index is -0.482. The maximum absolute atomic E-state index is 12.6. The number of carbonyl (C=O) groups excluding carboxylic acids is 2. The first-order chi connectivity index (χ1) is 13.6. The van der Waals surface area contributed by atoms with Crippen LogP contribution in [-0.2, 0) is 4.79 Å². The number of benzene rings is 2. The number of likely N-dealkylation sites (tertiary alicyclic amines) is 1. The molecule has 2 aromatic carbocycles. The van der Waals surface area contributed by atoms with Gasteiger partial charge in [-0.2, -0.15) is 0 Å². The maximum atomic E-state index is 12.6. The normalized spacial score (nSPS) is 17.5. The van der Waals surface area contributed by atoms with E-state index in [1.54, 1.807) is 31.4 Å². The van der Waals surface area contributed by atoms with Crippen LogP contribution < -0.4 is 15.8 Å². The fourth-order valence-electron chi connectivity index (χ4n) is 3.66. The molecular formula is C22H27N3O3. The lowest BCUT2D eigenvalue weighted by atomic mass is 10.0.